The molecule has 1 amide bonds. The van der Waals surface area contributed by atoms with Gasteiger partial charge in [0, 0.05) is 37.7 Å². The first-order chi connectivity index (χ1) is 11.9. The first-order valence-electron chi connectivity index (χ1n) is 8.51. The van der Waals surface area contributed by atoms with Crippen molar-refractivity contribution in [1.82, 2.24) is 4.98 Å². The van der Waals surface area contributed by atoms with Crippen LogP contribution in [-0.2, 0) is 10.2 Å². The average Bonchev–Trinajstić information content (AvgIpc) is 2.59. The van der Waals surface area contributed by atoms with E-state index in [0.29, 0.717) is 18.0 Å². The first-order valence-corrected chi connectivity index (χ1v) is 8.51. The van der Waals surface area contributed by atoms with E-state index in [9.17, 15) is 4.79 Å². The van der Waals surface area contributed by atoms with Gasteiger partial charge in [0.1, 0.15) is 5.82 Å². The Bertz CT molecular complexity index is 691. The molecular formula is C20H27N3O2. The Morgan fingerprint density at radius 3 is 2.52 bits per heavy atom. The average molecular weight is 341 g/mol. The van der Waals surface area contributed by atoms with E-state index in [1.54, 1.807) is 25.4 Å². The highest BCUT2D eigenvalue weighted by atomic mass is 16.5. The lowest BCUT2D eigenvalue weighted by atomic mass is 9.87. The summed E-state index contributed by atoms with van der Waals surface area (Å²) in [6, 6.07) is 11.4. The number of hydrogen-bond donors (Lipinski definition) is 2. The summed E-state index contributed by atoms with van der Waals surface area (Å²) in [4.78, 5) is 16.7. The van der Waals surface area contributed by atoms with Gasteiger partial charge in [-0.1, -0.05) is 32.9 Å². The van der Waals surface area contributed by atoms with Crippen LogP contribution in [0.25, 0.3) is 0 Å². The summed E-state index contributed by atoms with van der Waals surface area (Å²) in [5.41, 5.74) is 2.68. The highest BCUT2D eigenvalue weighted by molar-refractivity contribution is 6.04. The largest absolute Gasteiger partial charge is 0.385 e. The van der Waals surface area contributed by atoms with Crippen LogP contribution in [0.1, 0.15) is 43.1 Å². The molecule has 2 aromatic rings. The molecule has 0 radical (unpaired) electrons. The number of hydrogen-bond acceptors (Lipinski definition) is 4. The topological polar surface area (TPSA) is 63.2 Å². The van der Waals surface area contributed by atoms with Crippen molar-refractivity contribution in [3.63, 3.8) is 0 Å². The lowest BCUT2D eigenvalue weighted by molar-refractivity contribution is 0.102. The number of ether oxygens (including phenoxy) is 1. The second-order valence-corrected chi connectivity index (χ2v) is 6.98. The summed E-state index contributed by atoms with van der Waals surface area (Å²) < 4.78 is 5.01. The van der Waals surface area contributed by atoms with Gasteiger partial charge < -0.3 is 15.4 Å². The number of aromatic nitrogens is 1. The van der Waals surface area contributed by atoms with Crippen molar-refractivity contribution in [1.29, 1.82) is 0 Å². The smallest absolute Gasteiger partial charge is 0.255 e. The minimum Gasteiger partial charge on any atom is -0.385 e. The molecule has 25 heavy (non-hydrogen) atoms. The maximum absolute atomic E-state index is 12.4. The zero-order chi connectivity index (χ0) is 18.3. The Kier molecular flexibility index (Phi) is 6.53. The maximum atomic E-state index is 12.4. The lowest BCUT2D eigenvalue weighted by Crippen LogP contribution is -2.14. The van der Waals surface area contributed by atoms with Crippen LogP contribution in [0.2, 0.25) is 0 Å². The number of rotatable bonds is 7. The van der Waals surface area contributed by atoms with E-state index in [0.717, 1.165) is 18.7 Å². The van der Waals surface area contributed by atoms with Gasteiger partial charge in [-0.15, -0.1) is 0 Å². The zero-order valence-corrected chi connectivity index (χ0v) is 15.4. The van der Waals surface area contributed by atoms with Gasteiger partial charge in [0.15, 0.2) is 0 Å². The number of carbonyl (C=O) groups excluding carboxylic acids is 1. The molecule has 0 saturated heterocycles. The molecule has 5 heteroatoms. The van der Waals surface area contributed by atoms with Gasteiger partial charge in [0.25, 0.3) is 5.91 Å². The monoisotopic (exact) mass is 341 g/mol. The van der Waals surface area contributed by atoms with E-state index in [2.05, 4.69) is 36.4 Å². The zero-order valence-electron chi connectivity index (χ0n) is 15.4. The number of amides is 1. The number of pyridine rings is 1. The van der Waals surface area contributed by atoms with Crippen LogP contribution in [0.3, 0.4) is 0 Å². The predicted molar refractivity (Wildman–Crippen MR) is 102 cm³/mol. The SMILES string of the molecule is COCCCNc1cc(C(=O)Nc2ccc(C(C)(C)C)cc2)ccn1. The molecule has 0 aliphatic rings. The molecule has 0 atom stereocenters. The summed E-state index contributed by atoms with van der Waals surface area (Å²) in [6.07, 6.45) is 2.52. The van der Waals surface area contributed by atoms with Crippen molar-refractivity contribution in [2.24, 2.45) is 0 Å². The van der Waals surface area contributed by atoms with E-state index in [4.69, 9.17) is 4.74 Å². The Balaban J connectivity index is 1.98. The number of methoxy groups -OCH3 is 1. The molecule has 0 aliphatic carbocycles. The highest BCUT2D eigenvalue weighted by Gasteiger charge is 2.13. The molecule has 0 bridgehead atoms. The summed E-state index contributed by atoms with van der Waals surface area (Å²) in [6.45, 7) is 7.94. The van der Waals surface area contributed by atoms with Crippen LogP contribution in [0.5, 0.6) is 0 Å². The molecule has 0 spiro atoms. The molecule has 0 unspecified atom stereocenters. The Morgan fingerprint density at radius 1 is 1.16 bits per heavy atom. The molecule has 5 nitrogen and oxygen atoms in total. The van der Waals surface area contributed by atoms with Crippen molar-refractivity contribution in [2.75, 3.05) is 30.9 Å². The molecule has 0 fully saturated rings. The number of anilines is 2. The number of carbonyl (C=O) groups is 1. The van der Waals surface area contributed by atoms with Crippen LogP contribution in [0.4, 0.5) is 11.5 Å². The predicted octanol–water partition coefficient (Wildman–Crippen LogP) is 4.08. The minimum absolute atomic E-state index is 0.0943. The third kappa shape index (κ3) is 5.87. The molecular weight excluding hydrogens is 314 g/mol. The van der Waals surface area contributed by atoms with Crippen molar-refractivity contribution >= 4 is 17.4 Å². The number of nitrogens with one attached hydrogen (secondary N) is 2. The van der Waals surface area contributed by atoms with Gasteiger partial charge in [-0.3, -0.25) is 4.79 Å². The molecule has 2 rings (SSSR count). The van der Waals surface area contributed by atoms with Crippen LogP contribution in [0.15, 0.2) is 42.6 Å². The molecule has 1 aromatic carbocycles. The van der Waals surface area contributed by atoms with E-state index in [1.165, 1.54) is 5.56 Å². The quantitative estimate of drug-likeness (QED) is 0.745. The summed E-state index contributed by atoms with van der Waals surface area (Å²) in [5, 5.41) is 6.12. The normalized spacial score (nSPS) is 11.2. The summed E-state index contributed by atoms with van der Waals surface area (Å²) >= 11 is 0. The molecule has 0 aliphatic heterocycles. The minimum atomic E-state index is -0.147. The maximum Gasteiger partial charge on any atom is 0.255 e. The first kappa shape index (κ1) is 18.9. The van der Waals surface area contributed by atoms with Crippen LogP contribution >= 0.6 is 0 Å². The van der Waals surface area contributed by atoms with Gasteiger partial charge >= 0.3 is 0 Å². The fourth-order valence-corrected chi connectivity index (χ4v) is 2.36. The fraction of sp³-hybridized carbons (Fsp3) is 0.400. The molecule has 1 heterocycles. The van der Waals surface area contributed by atoms with Crippen molar-refractivity contribution in [2.45, 2.75) is 32.6 Å². The molecule has 2 N–H and O–H groups in total. The summed E-state index contributed by atoms with van der Waals surface area (Å²) in [5.74, 6) is 0.540. The second-order valence-electron chi connectivity index (χ2n) is 6.98. The summed E-state index contributed by atoms with van der Waals surface area (Å²) in [7, 11) is 1.68. The highest BCUT2D eigenvalue weighted by Crippen LogP contribution is 2.23. The van der Waals surface area contributed by atoms with Crippen molar-refractivity contribution in [3.8, 4) is 0 Å². The van der Waals surface area contributed by atoms with Gasteiger partial charge in [-0.25, -0.2) is 4.98 Å². The van der Waals surface area contributed by atoms with Crippen LogP contribution in [-0.4, -0.2) is 31.2 Å². The van der Waals surface area contributed by atoms with E-state index in [-0.39, 0.29) is 11.3 Å². The van der Waals surface area contributed by atoms with Gasteiger partial charge in [-0.05, 0) is 41.7 Å². The number of nitrogens with zero attached hydrogens (tertiary/aromatic N) is 1. The third-order valence-electron chi connectivity index (χ3n) is 3.86. The Hall–Kier alpha value is -2.40. The molecule has 0 saturated carbocycles. The van der Waals surface area contributed by atoms with Crippen LogP contribution < -0.4 is 10.6 Å². The Morgan fingerprint density at radius 2 is 1.88 bits per heavy atom. The molecule has 1 aromatic heterocycles. The van der Waals surface area contributed by atoms with Crippen LogP contribution in [0, 0.1) is 0 Å². The van der Waals surface area contributed by atoms with E-state index < -0.39 is 0 Å². The standard InChI is InChI=1S/C20H27N3O2/c1-20(2,3)16-6-8-17(9-7-16)23-19(24)15-10-12-22-18(14-15)21-11-5-13-25-4/h6-10,12,14H,5,11,13H2,1-4H3,(H,21,22)(H,23,24). The van der Waals surface area contributed by atoms with Gasteiger partial charge in [-0.2, -0.15) is 0 Å². The second kappa shape index (κ2) is 8.62. The van der Waals surface area contributed by atoms with E-state index >= 15 is 0 Å². The number of benzene rings is 1. The third-order valence-corrected chi connectivity index (χ3v) is 3.86. The van der Waals surface area contributed by atoms with Crippen molar-refractivity contribution < 1.29 is 9.53 Å². The van der Waals surface area contributed by atoms with Crippen molar-refractivity contribution in [3.05, 3.63) is 53.7 Å². The van der Waals surface area contributed by atoms with E-state index in [1.807, 2.05) is 24.3 Å². The lowest BCUT2D eigenvalue weighted by Gasteiger charge is -2.19. The fourth-order valence-electron chi connectivity index (χ4n) is 2.36. The molecule has 134 valence electrons. The Labute approximate surface area is 149 Å². The van der Waals surface area contributed by atoms with Gasteiger partial charge in [0.05, 0.1) is 0 Å². The van der Waals surface area contributed by atoms with Gasteiger partial charge in [0.2, 0.25) is 0 Å².